The van der Waals surface area contributed by atoms with Gasteiger partial charge in [-0.1, -0.05) is 0 Å². The van der Waals surface area contributed by atoms with Crippen LogP contribution in [0.25, 0.3) is 0 Å². The van der Waals surface area contributed by atoms with Crippen molar-refractivity contribution in [2.24, 2.45) is 0 Å². The molecule has 1 aromatic carbocycles. The van der Waals surface area contributed by atoms with Gasteiger partial charge in [-0.3, -0.25) is 14.9 Å². The van der Waals surface area contributed by atoms with Crippen LogP contribution in [0.5, 0.6) is 0 Å². The maximum atomic E-state index is 12.7. The van der Waals surface area contributed by atoms with Crippen LogP contribution in [-0.2, 0) is 0 Å². The minimum Gasteiger partial charge on any atom is -0.388 e. The molecule has 8 heteroatoms. The Morgan fingerprint density at radius 2 is 2.10 bits per heavy atom. The van der Waals surface area contributed by atoms with E-state index in [4.69, 9.17) is 0 Å². The van der Waals surface area contributed by atoms with Crippen molar-refractivity contribution in [3.63, 3.8) is 0 Å². The summed E-state index contributed by atoms with van der Waals surface area (Å²) >= 11 is 0. The van der Waals surface area contributed by atoms with Crippen LogP contribution in [0.3, 0.4) is 0 Å². The number of amides is 1. The molecule has 0 radical (unpaired) electrons. The Kier molecular flexibility index (Phi) is 4.07. The van der Waals surface area contributed by atoms with Gasteiger partial charge in [-0.15, -0.1) is 0 Å². The SMILES string of the molecule is CNc1ccc([N+](=O)[O-])c(C(=O)Nc2ccc(F)cn2)c1. The lowest BCUT2D eigenvalue weighted by Crippen LogP contribution is -2.15. The van der Waals surface area contributed by atoms with E-state index in [9.17, 15) is 19.3 Å². The lowest BCUT2D eigenvalue weighted by Gasteiger charge is -2.07. The van der Waals surface area contributed by atoms with Crippen LogP contribution in [0.2, 0.25) is 0 Å². The summed E-state index contributed by atoms with van der Waals surface area (Å²) in [6.45, 7) is 0. The molecule has 0 saturated carbocycles. The monoisotopic (exact) mass is 290 g/mol. The standard InChI is InChI=1S/C13H11FN4O3/c1-15-9-3-4-11(18(20)21)10(6-9)13(19)17-12-5-2-8(14)7-16-12/h2-7,15H,1H3,(H,16,17,19). The Balaban J connectivity index is 2.33. The van der Waals surface area contributed by atoms with Gasteiger partial charge in [0.05, 0.1) is 11.1 Å². The number of rotatable bonds is 4. The molecule has 2 aromatic rings. The fraction of sp³-hybridized carbons (Fsp3) is 0.0769. The lowest BCUT2D eigenvalue weighted by atomic mass is 10.1. The quantitative estimate of drug-likeness (QED) is 0.665. The molecule has 1 amide bonds. The van der Waals surface area contributed by atoms with E-state index in [-0.39, 0.29) is 17.1 Å². The van der Waals surface area contributed by atoms with E-state index >= 15 is 0 Å². The number of anilines is 2. The highest BCUT2D eigenvalue weighted by Gasteiger charge is 2.21. The van der Waals surface area contributed by atoms with Crippen LogP contribution in [0.15, 0.2) is 36.5 Å². The number of aromatic nitrogens is 1. The minimum absolute atomic E-state index is 0.102. The number of nitro benzene ring substituents is 1. The molecule has 1 heterocycles. The molecule has 108 valence electrons. The Morgan fingerprint density at radius 3 is 2.67 bits per heavy atom. The highest BCUT2D eigenvalue weighted by atomic mass is 19.1. The molecule has 0 atom stereocenters. The van der Waals surface area contributed by atoms with Crippen molar-refractivity contribution < 1.29 is 14.1 Å². The van der Waals surface area contributed by atoms with Gasteiger partial charge in [0.1, 0.15) is 17.2 Å². The van der Waals surface area contributed by atoms with Crippen LogP contribution in [0.4, 0.5) is 21.6 Å². The van der Waals surface area contributed by atoms with Crippen LogP contribution < -0.4 is 10.6 Å². The Labute approximate surface area is 119 Å². The molecule has 2 rings (SSSR count). The first kappa shape index (κ1) is 14.4. The van der Waals surface area contributed by atoms with Crippen LogP contribution in [0.1, 0.15) is 10.4 Å². The Morgan fingerprint density at radius 1 is 1.33 bits per heavy atom. The van der Waals surface area contributed by atoms with E-state index in [0.717, 1.165) is 12.3 Å². The van der Waals surface area contributed by atoms with E-state index in [1.54, 1.807) is 7.05 Å². The zero-order chi connectivity index (χ0) is 15.4. The predicted molar refractivity (Wildman–Crippen MR) is 74.8 cm³/mol. The molecular formula is C13H11FN4O3. The maximum Gasteiger partial charge on any atom is 0.282 e. The topological polar surface area (TPSA) is 97.2 Å². The number of nitrogens with zero attached hydrogens (tertiary/aromatic N) is 2. The number of hydrogen-bond acceptors (Lipinski definition) is 5. The largest absolute Gasteiger partial charge is 0.388 e. The van der Waals surface area contributed by atoms with Gasteiger partial charge < -0.3 is 10.6 Å². The van der Waals surface area contributed by atoms with Crippen molar-refractivity contribution in [1.82, 2.24) is 4.98 Å². The number of hydrogen-bond donors (Lipinski definition) is 2. The first-order valence-corrected chi connectivity index (χ1v) is 5.90. The zero-order valence-electron chi connectivity index (χ0n) is 11.0. The summed E-state index contributed by atoms with van der Waals surface area (Å²) in [7, 11) is 1.63. The molecule has 0 spiro atoms. The molecular weight excluding hydrogens is 279 g/mol. The molecule has 0 aliphatic rings. The molecule has 21 heavy (non-hydrogen) atoms. The molecule has 0 fully saturated rings. The van der Waals surface area contributed by atoms with E-state index in [2.05, 4.69) is 15.6 Å². The third kappa shape index (κ3) is 3.30. The van der Waals surface area contributed by atoms with Crippen LogP contribution in [-0.4, -0.2) is 22.9 Å². The van der Waals surface area contributed by atoms with E-state index in [0.29, 0.717) is 5.69 Å². The predicted octanol–water partition coefficient (Wildman–Crippen LogP) is 2.42. The molecule has 1 aromatic heterocycles. The average Bonchev–Trinajstić information content (AvgIpc) is 2.48. The smallest absolute Gasteiger partial charge is 0.282 e. The molecule has 2 N–H and O–H groups in total. The molecule has 0 aliphatic carbocycles. The van der Waals surface area contributed by atoms with Gasteiger partial charge in [0.15, 0.2) is 0 Å². The van der Waals surface area contributed by atoms with E-state index in [1.165, 1.54) is 24.3 Å². The van der Waals surface area contributed by atoms with Crippen LogP contribution in [0, 0.1) is 15.9 Å². The summed E-state index contributed by atoms with van der Waals surface area (Å²) < 4.78 is 12.7. The highest BCUT2D eigenvalue weighted by molar-refractivity contribution is 6.07. The van der Waals surface area contributed by atoms with E-state index in [1.807, 2.05) is 0 Å². The fourth-order valence-electron chi connectivity index (χ4n) is 1.67. The van der Waals surface area contributed by atoms with Crippen LogP contribution >= 0.6 is 0 Å². The van der Waals surface area contributed by atoms with Crippen molar-refractivity contribution in [2.75, 3.05) is 17.7 Å². The Hall–Kier alpha value is -3.03. The number of benzene rings is 1. The second-order valence-corrected chi connectivity index (χ2v) is 4.05. The number of nitro groups is 1. The van der Waals surface area contributed by atoms with Gasteiger partial charge >= 0.3 is 0 Å². The highest BCUT2D eigenvalue weighted by Crippen LogP contribution is 2.23. The minimum atomic E-state index is -0.696. The number of carbonyl (C=O) groups is 1. The Bertz CT molecular complexity index is 688. The van der Waals surface area contributed by atoms with E-state index < -0.39 is 16.6 Å². The molecule has 0 bridgehead atoms. The molecule has 0 unspecified atom stereocenters. The van der Waals surface area contributed by atoms with Crippen molar-refractivity contribution in [1.29, 1.82) is 0 Å². The van der Waals surface area contributed by atoms with Crippen molar-refractivity contribution >= 4 is 23.1 Å². The third-order valence-corrected chi connectivity index (χ3v) is 2.70. The first-order valence-electron chi connectivity index (χ1n) is 5.90. The van der Waals surface area contributed by atoms with Gasteiger partial charge in [-0.05, 0) is 24.3 Å². The maximum absolute atomic E-state index is 12.7. The number of carbonyl (C=O) groups excluding carboxylic acids is 1. The number of nitrogens with one attached hydrogen (secondary N) is 2. The first-order chi connectivity index (χ1) is 10.0. The summed E-state index contributed by atoms with van der Waals surface area (Å²) in [6, 6.07) is 6.48. The third-order valence-electron chi connectivity index (χ3n) is 2.70. The van der Waals surface area contributed by atoms with Crippen molar-refractivity contribution in [3.05, 3.63) is 58.0 Å². The number of halogens is 1. The average molecular weight is 290 g/mol. The second-order valence-electron chi connectivity index (χ2n) is 4.05. The fourth-order valence-corrected chi connectivity index (χ4v) is 1.67. The van der Waals surface area contributed by atoms with Crippen molar-refractivity contribution in [2.45, 2.75) is 0 Å². The summed E-state index contributed by atoms with van der Waals surface area (Å²) in [5.74, 6) is -1.14. The molecule has 0 aliphatic heterocycles. The lowest BCUT2D eigenvalue weighted by molar-refractivity contribution is -0.385. The summed E-state index contributed by atoms with van der Waals surface area (Å²) in [5, 5.41) is 16.1. The second kappa shape index (κ2) is 5.95. The van der Waals surface area contributed by atoms with Gasteiger partial charge in [0.25, 0.3) is 11.6 Å². The number of pyridine rings is 1. The van der Waals surface area contributed by atoms with Gasteiger partial charge in [-0.25, -0.2) is 9.37 Å². The zero-order valence-corrected chi connectivity index (χ0v) is 11.0. The van der Waals surface area contributed by atoms with Gasteiger partial charge in [0.2, 0.25) is 0 Å². The molecule has 0 saturated heterocycles. The van der Waals surface area contributed by atoms with Gasteiger partial charge in [-0.2, -0.15) is 0 Å². The summed E-state index contributed by atoms with van der Waals surface area (Å²) in [5.41, 5.74) is 0.115. The summed E-state index contributed by atoms with van der Waals surface area (Å²) in [4.78, 5) is 26.1. The normalized spacial score (nSPS) is 10.0. The molecule has 7 nitrogen and oxygen atoms in total. The van der Waals surface area contributed by atoms with Gasteiger partial charge in [0, 0.05) is 18.8 Å². The van der Waals surface area contributed by atoms with Crippen molar-refractivity contribution in [3.8, 4) is 0 Å². The summed E-state index contributed by atoms with van der Waals surface area (Å²) in [6.07, 6.45) is 0.939.